The summed E-state index contributed by atoms with van der Waals surface area (Å²) in [5.74, 6) is 0.431. The third-order valence-corrected chi connectivity index (χ3v) is 2.31. The first-order chi connectivity index (χ1) is 8.17. The molecule has 1 aromatic carbocycles. The normalized spacial score (nSPS) is 10.2. The Kier molecular flexibility index (Phi) is 3.09. The van der Waals surface area contributed by atoms with Crippen molar-refractivity contribution in [3.8, 4) is 0 Å². The van der Waals surface area contributed by atoms with Crippen LogP contribution in [-0.2, 0) is 6.42 Å². The number of nitrogens with two attached hydrogens (primary N) is 1. The maximum Gasteiger partial charge on any atom is 0.252 e. The smallest absolute Gasteiger partial charge is 0.252 e. The molecule has 88 valence electrons. The Morgan fingerprint density at radius 1 is 1.41 bits per heavy atom. The van der Waals surface area contributed by atoms with E-state index in [9.17, 15) is 4.79 Å². The van der Waals surface area contributed by atoms with Gasteiger partial charge in [0.1, 0.15) is 0 Å². The second kappa shape index (κ2) is 4.69. The highest BCUT2D eigenvalue weighted by Crippen LogP contribution is 2.15. The summed E-state index contributed by atoms with van der Waals surface area (Å²) in [6.07, 6.45) is 0.718. The van der Waals surface area contributed by atoms with Gasteiger partial charge in [-0.3, -0.25) is 9.78 Å². The lowest BCUT2D eigenvalue weighted by molar-refractivity contribution is 0.986. The van der Waals surface area contributed by atoms with Gasteiger partial charge in [-0.05, 0) is 24.6 Å². The molecule has 2 rings (SSSR count). The topological polar surface area (TPSA) is 83.8 Å². The molecule has 5 nitrogen and oxygen atoms in total. The van der Waals surface area contributed by atoms with Crippen LogP contribution in [0.1, 0.15) is 12.6 Å². The van der Waals surface area contributed by atoms with Gasteiger partial charge in [0.05, 0.1) is 0 Å². The van der Waals surface area contributed by atoms with Crippen LogP contribution in [0.2, 0.25) is 0 Å². The van der Waals surface area contributed by atoms with Crippen molar-refractivity contribution in [3.05, 3.63) is 46.4 Å². The molecule has 0 radical (unpaired) electrons. The predicted octanol–water partition coefficient (Wildman–Crippen LogP) is 1.66. The van der Waals surface area contributed by atoms with Crippen LogP contribution >= 0.6 is 0 Å². The molecule has 5 heteroatoms. The van der Waals surface area contributed by atoms with Crippen molar-refractivity contribution < 1.29 is 0 Å². The Bertz CT molecular complexity index is 577. The van der Waals surface area contributed by atoms with E-state index in [0.717, 1.165) is 17.8 Å². The minimum atomic E-state index is -0.164. The first-order valence-electron chi connectivity index (χ1n) is 5.40. The average molecular weight is 230 g/mol. The number of anilines is 3. The molecular weight excluding hydrogens is 216 g/mol. The molecule has 0 fully saturated rings. The van der Waals surface area contributed by atoms with E-state index in [1.807, 2.05) is 19.1 Å². The Morgan fingerprint density at radius 3 is 2.94 bits per heavy atom. The largest absolute Gasteiger partial charge is 0.399 e. The number of aryl methyl sites for hydroxylation is 1. The van der Waals surface area contributed by atoms with Crippen LogP contribution in [0.25, 0.3) is 0 Å². The fraction of sp³-hybridized carbons (Fsp3) is 0.167. The lowest BCUT2D eigenvalue weighted by atomic mass is 10.3. The van der Waals surface area contributed by atoms with Crippen LogP contribution in [0, 0.1) is 0 Å². The predicted molar refractivity (Wildman–Crippen MR) is 68.4 cm³/mol. The van der Waals surface area contributed by atoms with Gasteiger partial charge in [-0.1, -0.05) is 13.0 Å². The van der Waals surface area contributed by atoms with E-state index in [1.54, 1.807) is 12.1 Å². The van der Waals surface area contributed by atoms with Crippen molar-refractivity contribution in [2.75, 3.05) is 11.1 Å². The number of nitrogens with zero attached hydrogens (tertiary/aromatic N) is 1. The standard InChI is InChI=1S/C12H14N4O/c1-2-9-7-11(17)16-12(14-9)15-10-5-3-4-8(13)6-10/h3-7H,2,13H2,1H3,(H2,14,15,16,17). The molecule has 0 saturated carbocycles. The summed E-state index contributed by atoms with van der Waals surface area (Å²) in [6.45, 7) is 1.95. The van der Waals surface area contributed by atoms with E-state index in [2.05, 4.69) is 15.3 Å². The molecule has 0 spiro atoms. The number of hydrogen-bond donors (Lipinski definition) is 3. The van der Waals surface area contributed by atoms with Gasteiger partial charge in [0.15, 0.2) is 0 Å². The van der Waals surface area contributed by atoms with Crippen molar-refractivity contribution in [2.45, 2.75) is 13.3 Å². The summed E-state index contributed by atoms with van der Waals surface area (Å²) in [7, 11) is 0. The molecule has 2 aromatic rings. The van der Waals surface area contributed by atoms with Crippen LogP contribution in [-0.4, -0.2) is 9.97 Å². The Morgan fingerprint density at radius 2 is 2.24 bits per heavy atom. The number of benzene rings is 1. The third kappa shape index (κ3) is 2.84. The van der Waals surface area contributed by atoms with Gasteiger partial charge in [-0.2, -0.15) is 0 Å². The summed E-state index contributed by atoms with van der Waals surface area (Å²) < 4.78 is 0. The Labute approximate surface area is 98.7 Å². The number of hydrogen-bond acceptors (Lipinski definition) is 4. The van der Waals surface area contributed by atoms with Crippen LogP contribution in [0.15, 0.2) is 35.1 Å². The zero-order valence-electron chi connectivity index (χ0n) is 9.53. The highest BCUT2D eigenvalue weighted by molar-refractivity contribution is 5.59. The van der Waals surface area contributed by atoms with Crippen LogP contribution < -0.4 is 16.6 Å². The fourth-order valence-corrected chi connectivity index (χ4v) is 1.50. The van der Waals surface area contributed by atoms with E-state index in [-0.39, 0.29) is 5.56 Å². The van der Waals surface area contributed by atoms with Crippen molar-refractivity contribution >= 4 is 17.3 Å². The number of aromatic amines is 1. The molecule has 0 atom stereocenters. The summed E-state index contributed by atoms with van der Waals surface area (Å²) in [4.78, 5) is 18.3. The second-order valence-electron chi connectivity index (χ2n) is 3.69. The number of nitrogens with one attached hydrogen (secondary N) is 2. The van der Waals surface area contributed by atoms with Crippen LogP contribution in [0.3, 0.4) is 0 Å². The van der Waals surface area contributed by atoms with Gasteiger partial charge in [0, 0.05) is 23.1 Å². The van der Waals surface area contributed by atoms with Crippen LogP contribution in [0.5, 0.6) is 0 Å². The molecule has 0 bridgehead atoms. The molecule has 1 heterocycles. The third-order valence-electron chi connectivity index (χ3n) is 2.31. The summed E-state index contributed by atoms with van der Waals surface area (Å²) in [5, 5.41) is 3.01. The summed E-state index contributed by atoms with van der Waals surface area (Å²) in [5.41, 5.74) is 7.70. The van der Waals surface area contributed by atoms with Gasteiger partial charge >= 0.3 is 0 Å². The van der Waals surface area contributed by atoms with Gasteiger partial charge in [-0.15, -0.1) is 0 Å². The average Bonchev–Trinajstić information content (AvgIpc) is 2.28. The van der Waals surface area contributed by atoms with E-state index in [1.165, 1.54) is 6.07 Å². The Hall–Kier alpha value is -2.30. The van der Waals surface area contributed by atoms with E-state index in [0.29, 0.717) is 11.6 Å². The molecule has 0 aliphatic heterocycles. The molecule has 0 amide bonds. The molecule has 0 unspecified atom stereocenters. The number of H-pyrrole nitrogens is 1. The molecule has 4 N–H and O–H groups in total. The van der Waals surface area contributed by atoms with Gasteiger partial charge in [0.2, 0.25) is 5.95 Å². The van der Waals surface area contributed by atoms with Gasteiger partial charge < -0.3 is 11.1 Å². The SMILES string of the molecule is CCc1cc(=O)[nH]c(Nc2cccc(N)c2)n1. The van der Waals surface area contributed by atoms with Crippen molar-refractivity contribution in [3.63, 3.8) is 0 Å². The number of aromatic nitrogens is 2. The zero-order valence-corrected chi connectivity index (χ0v) is 9.53. The second-order valence-corrected chi connectivity index (χ2v) is 3.69. The molecular formula is C12H14N4O. The van der Waals surface area contributed by atoms with Crippen molar-refractivity contribution in [1.29, 1.82) is 0 Å². The molecule has 0 saturated heterocycles. The van der Waals surface area contributed by atoms with Crippen molar-refractivity contribution in [1.82, 2.24) is 9.97 Å². The monoisotopic (exact) mass is 230 g/mol. The maximum absolute atomic E-state index is 11.4. The van der Waals surface area contributed by atoms with Gasteiger partial charge in [-0.25, -0.2) is 4.98 Å². The lowest BCUT2D eigenvalue weighted by Crippen LogP contribution is -2.11. The van der Waals surface area contributed by atoms with E-state index in [4.69, 9.17) is 5.73 Å². The fourth-order valence-electron chi connectivity index (χ4n) is 1.50. The van der Waals surface area contributed by atoms with E-state index < -0.39 is 0 Å². The van der Waals surface area contributed by atoms with Crippen molar-refractivity contribution in [2.24, 2.45) is 0 Å². The number of nitrogen functional groups attached to an aromatic ring is 1. The maximum atomic E-state index is 11.4. The molecule has 1 aromatic heterocycles. The highest BCUT2D eigenvalue weighted by Gasteiger charge is 2.00. The quantitative estimate of drug-likeness (QED) is 0.700. The summed E-state index contributed by atoms with van der Waals surface area (Å²) >= 11 is 0. The minimum absolute atomic E-state index is 0.164. The first kappa shape index (κ1) is 11.2. The molecule has 0 aliphatic rings. The lowest BCUT2D eigenvalue weighted by Gasteiger charge is -2.06. The van der Waals surface area contributed by atoms with Gasteiger partial charge in [0.25, 0.3) is 5.56 Å². The van der Waals surface area contributed by atoms with Crippen LogP contribution in [0.4, 0.5) is 17.3 Å². The highest BCUT2D eigenvalue weighted by atomic mass is 16.1. The summed E-state index contributed by atoms with van der Waals surface area (Å²) in [6, 6.07) is 8.75. The molecule has 17 heavy (non-hydrogen) atoms. The first-order valence-corrected chi connectivity index (χ1v) is 5.40. The zero-order chi connectivity index (χ0) is 12.3. The molecule has 0 aliphatic carbocycles. The Balaban J connectivity index is 2.29. The van der Waals surface area contributed by atoms with E-state index >= 15 is 0 Å². The number of rotatable bonds is 3. The minimum Gasteiger partial charge on any atom is -0.399 e.